The van der Waals surface area contributed by atoms with Crippen molar-refractivity contribution in [2.45, 2.75) is 6.54 Å². The fourth-order valence-corrected chi connectivity index (χ4v) is 3.54. The average Bonchev–Trinajstić information content (AvgIpc) is 3.24. The molecular formula is C18H11ClFN3O2S. The summed E-state index contributed by atoms with van der Waals surface area (Å²) in [6.07, 6.45) is 0. The van der Waals surface area contributed by atoms with E-state index in [0.717, 1.165) is 10.6 Å². The summed E-state index contributed by atoms with van der Waals surface area (Å²) in [5.74, 6) is -0.835. The molecule has 8 heteroatoms. The average molecular weight is 388 g/mol. The van der Waals surface area contributed by atoms with E-state index in [1.54, 1.807) is 6.07 Å². The molecule has 130 valence electrons. The number of nitrogens with zero attached hydrogens (tertiary/aromatic N) is 3. The van der Waals surface area contributed by atoms with Gasteiger partial charge in [-0.25, -0.2) is 14.2 Å². The van der Waals surface area contributed by atoms with Gasteiger partial charge in [0.05, 0.1) is 17.3 Å². The quantitative estimate of drug-likeness (QED) is 0.518. The van der Waals surface area contributed by atoms with Crippen molar-refractivity contribution < 1.29 is 8.81 Å². The molecule has 0 bridgehead atoms. The van der Waals surface area contributed by atoms with Gasteiger partial charge >= 0.3 is 5.76 Å². The minimum Gasteiger partial charge on any atom is -0.388 e. The third-order valence-electron chi connectivity index (χ3n) is 3.67. The van der Waals surface area contributed by atoms with E-state index >= 15 is 0 Å². The first kappa shape index (κ1) is 16.7. The van der Waals surface area contributed by atoms with Crippen LogP contribution in [-0.2, 0) is 6.54 Å². The molecule has 0 aliphatic carbocycles. The van der Waals surface area contributed by atoms with Crippen LogP contribution in [0.15, 0.2) is 63.1 Å². The van der Waals surface area contributed by atoms with E-state index in [2.05, 4.69) is 10.1 Å². The van der Waals surface area contributed by atoms with Gasteiger partial charge in [0.25, 0.3) is 0 Å². The predicted molar refractivity (Wildman–Crippen MR) is 97.8 cm³/mol. The molecule has 0 saturated carbocycles. The topological polar surface area (TPSA) is 60.9 Å². The molecule has 0 N–H and O–H groups in total. The Balaban J connectivity index is 1.60. The van der Waals surface area contributed by atoms with Crippen LogP contribution in [-0.4, -0.2) is 14.8 Å². The zero-order valence-electron chi connectivity index (χ0n) is 13.2. The van der Waals surface area contributed by atoms with E-state index in [4.69, 9.17) is 16.0 Å². The number of benzene rings is 2. The van der Waals surface area contributed by atoms with Crippen LogP contribution in [0.1, 0.15) is 5.69 Å². The summed E-state index contributed by atoms with van der Waals surface area (Å²) in [5, 5.41) is 7.38. The highest BCUT2D eigenvalue weighted by molar-refractivity contribution is 7.13. The fourth-order valence-electron chi connectivity index (χ4n) is 2.41. The second-order valence-electron chi connectivity index (χ2n) is 5.46. The summed E-state index contributed by atoms with van der Waals surface area (Å²) in [5.41, 5.74) is 2.04. The van der Waals surface area contributed by atoms with Gasteiger partial charge in [-0.2, -0.15) is 4.68 Å². The summed E-state index contributed by atoms with van der Waals surface area (Å²) in [6.45, 7) is 0.171. The molecular weight excluding hydrogens is 377 g/mol. The van der Waals surface area contributed by atoms with E-state index < -0.39 is 5.76 Å². The third kappa shape index (κ3) is 3.31. The number of aromatic nitrogens is 3. The Kier molecular flexibility index (Phi) is 4.40. The van der Waals surface area contributed by atoms with Crippen LogP contribution in [0.2, 0.25) is 5.02 Å². The maximum absolute atomic E-state index is 13.0. The predicted octanol–water partition coefficient (Wildman–Crippen LogP) is 4.47. The first-order chi connectivity index (χ1) is 12.6. The van der Waals surface area contributed by atoms with Gasteiger partial charge in [-0.15, -0.1) is 16.4 Å². The van der Waals surface area contributed by atoms with Crippen LogP contribution in [0.4, 0.5) is 4.39 Å². The molecule has 0 aliphatic heterocycles. The Hall–Kier alpha value is -2.77. The van der Waals surface area contributed by atoms with E-state index in [0.29, 0.717) is 16.3 Å². The van der Waals surface area contributed by atoms with Crippen LogP contribution in [0, 0.1) is 5.82 Å². The summed E-state index contributed by atoms with van der Waals surface area (Å²) >= 11 is 7.63. The Bertz CT molecular complexity index is 1120. The van der Waals surface area contributed by atoms with Crippen LogP contribution < -0.4 is 5.76 Å². The maximum atomic E-state index is 13.0. The van der Waals surface area contributed by atoms with Crippen molar-refractivity contribution in [1.82, 2.24) is 14.8 Å². The number of thiazole rings is 1. The van der Waals surface area contributed by atoms with Crippen molar-refractivity contribution in [1.29, 1.82) is 0 Å². The van der Waals surface area contributed by atoms with Crippen molar-refractivity contribution in [3.63, 3.8) is 0 Å². The van der Waals surface area contributed by atoms with Crippen molar-refractivity contribution in [3.8, 4) is 22.0 Å². The molecule has 0 spiro atoms. The first-order valence-electron chi connectivity index (χ1n) is 7.63. The Morgan fingerprint density at radius 3 is 2.69 bits per heavy atom. The summed E-state index contributed by atoms with van der Waals surface area (Å²) in [4.78, 5) is 16.5. The van der Waals surface area contributed by atoms with Crippen molar-refractivity contribution >= 4 is 22.9 Å². The second-order valence-corrected chi connectivity index (χ2v) is 6.73. The molecule has 2 aromatic carbocycles. The molecule has 0 fully saturated rings. The molecule has 26 heavy (non-hydrogen) atoms. The lowest BCUT2D eigenvalue weighted by Gasteiger charge is -1.98. The first-order valence-corrected chi connectivity index (χ1v) is 8.89. The Labute approximate surface area is 156 Å². The Morgan fingerprint density at radius 2 is 1.92 bits per heavy atom. The van der Waals surface area contributed by atoms with Crippen LogP contribution in [0.5, 0.6) is 0 Å². The van der Waals surface area contributed by atoms with Crippen molar-refractivity contribution in [3.05, 3.63) is 81.0 Å². The van der Waals surface area contributed by atoms with Gasteiger partial charge in [-0.1, -0.05) is 29.8 Å². The van der Waals surface area contributed by atoms with E-state index in [-0.39, 0.29) is 18.3 Å². The summed E-state index contributed by atoms with van der Waals surface area (Å²) in [7, 11) is 0. The summed E-state index contributed by atoms with van der Waals surface area (Å²) in [6, 6.07) is 13.0. The van der Waals surface area contributed by atoms with E-state index in [1.807, 2.05) is 23.6 Å². The second kappa shape index (κ2) is 6.86. The molecule has 4 rings (SSSR count). The lowest BCUT2D eigenvalue weighted by atomic mass is 10.2. The summed E-state index contributed by atoms with van der Waals surface area (Å²) < 4.78 is 19.3. The van der Waals surface area contributed by atoms with Gasteiger partial charge in [0.2, 0.25) is 5.89 Å². The molecule has 2 aromatic heterocycles. The lowest BCUT2D eigenvalue weighted by Crippen LogP contribution is -2.16. The Morgan fingerprint density at radius 1 is 1.15 bits per heavy atom. The number of halogens is 2. The van der Waals surface area contributed by atoms with Gasteiger partial charge in [0.1, 0.15) is 10.8 Å². The van der Waals surface area contributed by atoms with Crippen LogP contribution in [0.3, 0.4) is 0 Å². The minimum absolute atomic E-state index is 0.136. The van der Waals surface area contributed by atoms with Crippen molar-refractivity contribution in [2.24, 2.45) is 0 Å². The molecule has 0 unspecified atom stereocenters. The lowest BCUT2D eigenvalue weighted by molar-refractivity contribution is 0.493. The normalized spacial score (nSPS) is 11.0. The molecule has 2 heterocycles. The van der Waals surface area contributed by atoms with Crippen molar-refractivity contribution in [2.75, 3.05) is 0 Å². The highest BCUT2D eigenvalue weighted by Crippen LogP contribution is 2.30. The molecule has 0 amide bonds. The van der Waals surface area contributed by atoms with Gasteiger partial charge in [-0.05, 0) is 30.3 Å². The monoisotopic (exact) mass is 387 g/mol. The standard InChI is InChI=1S/C18H11ClFN3O2S/c19-15-4-2-1-3-14(15)17-21-13(10-26-17)9-23-18(24)25-16(22-23)11-5-7-12(20)8-6-11/h1-8,10H,9H2. The van der Waals surface area contributed by atoms with Gasteiger partial charge < -0.3 is 4.42 Å². The van der Waals surface area contributed by atoms with Gasteiger partial charge in [0, 0.05) is 16.5 Å². The number of hydrogen-bond donors (Lipinski definition) is 0. The minimum atomic E-state index is -0.600. The zero-order chi connectivity index (χ0) is 18.1. The van der Waals surface area contributed by atoms with Gasteiger partial charge in [0.15, 0.2) is 0 Å². The largest absolute Gasteiger partial charge is 0.437 e. The highest BCUT2D eigenvalue weighted by Gasteiger charge is 2.13. The number of hydrogen-bond acceptors (Lipinski definition) is 5. The molecule has 0 saturated heterocycles. The highest BCUT2D eigenvalue weighted by atomic mass is 35.5. The third-order valence-corrected chi connectivity index (χ3v) is 4.92. The molecule has 0 radical (unpaired) electrons. The molecule has 4 aromatic rings. The molecule has 0 aliphatic rings. The smallest absolute Gasteiger partial charge is 0.388 e. The van der Waals surface area contributed by atoms with E-state index in [1.165, 1.54) is 40.3 Å². The SMILES string of the molecule is O=c1oc(-c2ccc(F)cc2)nn1Cc1csc(-c2ccccc2Cl)n1. The van der Waals surface area contributed by atoms with E-state index in [9.17, 15) is 9.18 Å². The zero-order valence-corrected chi connectivity index (χ0v) is 14.8. The molecule has 5 nitrogen and oxygen atoms in total. The molecule has 0 atom stereocenters. The van der Waals surface area contributed by atoms with Crippen LogP contribution in [0.25, 0.3) is 22.0 Å². The maximum Gasteiger partial charge on any atom is 0.437 e. The van der Waals surface area contributed by atoms with Gasteiger partial charge in [-0.3, -0.25) is 0 Å². The fraction of sp³-hybridized carbons (Fsp3) is 0.0556. The van der Waals surface area contributed by atoms with Crippen LogP contribution >= 0.6 is 22.9 Å². The number of rotatable bonds is 4.